The molecule has 0 amide bonds. The highest BCUT2D eigenvalue weighted by Crippen LogP contribution is 2.69. The van der Waals surface area contributed by atoms with Crippen molar-refractivity contribution in [2.24, 2.45) is 46.3 Å². The summed E-state index contributed by atoms with van der Waals surface area (Å²) in [7, 11) is 0. The van der Waals surface area contributed by atoms with Gasteiger partial charge in [-0.15, -0.1) is 0 Å². The average molecular weight is 405 g/mol. The lowest BCUT2D eigenvalue weighted by molar-refractivity contribution is -0.267. The highest BCUT2D eigenvalue weighted by atomic mass is 16.3. The normalized spacial score (nSPS) is 50.7. The van der Waals surface area contributed by atoms with Crippen LogP contribution in [-0.2, 0) is 0 Å². The lowest BCUT2D eigenvalue weighted by atomic mass is 9.42. The molecule has 2 nitrogen and oxygen atoms in total. The SMILES string of the molecule is CC(C)CCC[C@@H](C)[C@@H]1CC[C@@H]2[C@]1(C)CC[C@H]1[C@@]3(C)CCCC[C@@H]3C[C@H](O)[C@]21O. The fourth-order valence-electron chi connectivity index (χ4n) is 9.35. The zero-order chi connectivity index (χ0) is 21.0. The van der Waals surface area contributed by atoms with Gasteiger partial charge < -0.3 is 10.2 Å². The molecular weight excluding hydrogens is 356 g/mol. The summed E-state index contributed by atoms with van der Waals surface area (Å²) in [5.74, 6) is 3.47. The van der Waals surface area contributed by atoms with Crippen LogP contribution in [0.1, 0.15) is 112 Å². The molecule has 168 valence electrons. The van der Waals surface area contributed by atoms with Crippen LogP contribution in [0.5, 0.6) is 0 Å². The minimum Gasteiger partial charge on any atom is -0.390 e. The summed E-state index contributed by atoms with van der Waals surface area (Å²) < 4.78 is 0. The Morgan fingerprint density at radius 3 is 2.31 bits per heavy atom. The van der Waals surface area contributed by atoms with Gasteiger partial charge >= 0.3 is 0 Å². The molecule has 0 spiro atoms. The highest BCUT2D eigenvalue weighted by Gasteiger charge is 2.69. The summed E-state index contributed by atoms with van der Waals surface area (Å²) >= 11 is 0. The van der Waals surface area contributed by atoms with E-state index >= 15 is 0 Å². The standard InChI is InChI=1S/C27H48O2/c1-18(2)9-8-10-19(3)21-12-13-22-26(21,5)16-14-23-25(4)15-7-6-11-20(25)17-24(28)27(22,23)29/h18-24,28-29H,6-17H2,1-5H3/t19-,20-,21+,22-,23+,24+,25+,26-,27+/m1/s1. The van der Waals surface area contributed by atoms with Crippen LogP contribution in [-0.4, -0.2) is 21.9 Å². The van der Waals surface area contributed by atoms with Crippen LogP contribution in [0.15, 0.2) is 0 Å². The third-order valence-corrected chi connectivity index (χ3v) is 10.9. The lowest BCUT2D eigenvalue weighted by Gasteiger charge is -2.66. The Morgan fingerprint density at radius 1 is 0.862 bits per heavy atom. The van der Waals surface area contributed by atoms with E-state index in [1.807, 2.05) is 0 Å². The van der Waals surface area contributed by atoms with Gasteiger partial charge in [0.15, 0.2) is 0 Å². The summed E-state index contributed by atoms with van der Waals surface area (Å²) in [6.45, 7) is 12.1. The molecular formula is C27H48O2. The average Bonchev–Trinajstić information content (AvgIpc) is 3.01. The van der Waals surface area contributed by atoms with Crippen LogP contribution in [0.25, 0.3) is 0 Å². The first-order valence-electron chi connectivity index (χ1n) is 13.0. The van der Waals surface area contributed by atoms with Crippen LogP contribution >= 0.6 is 0 Å². The number of rotatable bonds is 5. The number of hydrogen-bond acceptors (Lipinski definition) is 2. The highest BCUT2D eigenvalue weighted by molar-refractivity contribution is 5.18. The molecule has 0 aromatic rings. The second kappa shape index (κ2) is 7.80. The van der Waals surface area contributed by atoms with Gasteiger partial charge in [-0.3, -0.25) is 0 Å². The molecule has 0 heterocycles. The van der Waals surface area contributed by atoms with Gasteiger partial charge in [0.25, 0.3) is 0 Å². The summed E-state index contributed by atoms with van der Waals surface area (Å²) in [6, 6.07) is 0. The fraction of sp³-hybridized carbons (Fsp3) is 1.00. The molecule has 4 aliphatic rings. The number of aliphatic hydroxyl groups is 2. The quantitative estimate of drug-likeness (QED) is 0.543. The maximum absolute atomic E-state index is 12.3. The van der Waals surface area contributed by atoms with Crippen molar-refractivity contribution in [2.75, 3.05) is 0 Å². The molecule has 29 heavy (non-hydrogen) atoms. The predicted octanol–water partition coefficient (Wildman–Crippen LogP) is 6.58. The molecule has 4 fully saturated rings. The molecule has 2 N–H and O–H groups in total. The van der Waals surface area contributed by atoms with Crippen LogP contribution in [0.2, 0.25) is 0 Å². The van der Waals surface area contributed by atoms with Gasteiger partial charge in [0.2, 0.25) is 0 Å². The molecule has 0 unspecified atom stereocenters. The molecule has 0 aromatic heterocycles. The minimum atomic E-state index is -0.845. The van der Waals surface area contributed by atoms with Crippen LogP contribution in [0.3, 0.4) is 0 Å². The molecule has 9 atom stereocenters. The molecule has 0 aliphatic heterocycles. The van der Waals surface area contributed by atoms with E-state index in [0.717, 1.165) is 31.1 Å². The maximum atomic E-state index is 12.3. The van der Waals surface area contributed by atoms with E-state index in [-0.39, 0.29) is 10.8 Å². The lowest BCUT2D eigenvalue weighted by Crippen LogP contribution is -2.69. The second-order valence-electron chi connectivity index (χ2n) is 12.7. The maximum Gasteiger partial charge on any atom is 0.0971 e. The van der Waals surface area contributed by atoms with Crippen molar-refractivity contribution in [3.8, 4) is 0 Å². The first-order chi connectivity index (χ1) is 13.6. The van der Waals surface area contributed by atoms with Gasteiger partial charge in [0.05, 0.1) is 11.7 Å². The molecule has 4 saturated carbocycles. The Morgan fingerprint density at radius 2 is 1.59 bits per heavy atom. The first kappa shape index (κ1) is 22.1. The van der Waals surface area contributed by atoms with Crippen molar-refractivity contribution in [3.63, 3.8) is 0 Å². The summed E-state index contributed by atoms with van der Waals surface area (Å²) in [5.41, 5.74) is -0.391. The zero-order valence-corrected chi connectivity index (χ0v) is 19.9. The Hall–Kier alpha value is -0.0800. The molecule has 2 heteroatoms. The third-order valence-electron chi connectivity index (χ3n) is 10.9. The van der Waals surface area contributed by atoms with E-state index in [2.05, 4.69) is 34.6 Å². The first-order valence-corrected chi connectivity index (χ1v) is 13.0. The third kappa shape index (κ3) is 3.34. The minimum absolute atomic E-state index is 0.210. The molecule has 4 aliphatic carbocycles. The van der Waals surface area contributed by atoms with E-state index in [9.17, 15) is 10.2 Å². The second-order valence-corrected chi connectivity index (χ2v) is 12.7. The van der Waals surface area contributed by atoms with Crippen molar-refractivity contribution < 1.29 is 10.2 Å². The van der Waals surface area contributed by atoms with Crippen molar-refractivity contribution in [1.29, 1.82) is 0 Å². The predicted molar refractivity (Wildman–Crippen MR) is 121 cm³/mol. The van der Waals surface area contributed by atoms with Gasteiger partial charge in [0.1, 0.15) is 0 Å². The van der Waals surface area contributed by atoms with E-state index < -0.39 is 11.7 Å². The van der Waals surface area contributed by atoms with Gasteiger partial charge in [0, 0.05) is 0 Å². The molecule has 0 radical (unpaired) electrons. The van der Waals surface area contributed by atoms with Crippen LogP contribution in [0.4, 0.5) is 0 Å². The Labute approximate surface area is 180 Å². The van der Waals surface area contributed by atoms with E-state index in [0.29, 0.717) is 23.7 Å². The van der Waals surface area contributed by atoms with Crippen molar-refractivity contribution >= 4 is 0 Å². The number of aliphatic hydroxyl groups excluding tert-OH is 1. The van der Waals surface area contributed by atoms with Crippen LogP contribution in [0, 0.1) is 46.3 Å². The largest absolute Gasteiger partial charge is 0.390 e. The topological polar surface area (TPSA) is 40.5 Å². The smallest absolute Gasteiger partial charge is 0.0971 e. The summed E-state index contributed by atoms with van der Waals surface area (Å²) in [6.07, 6.45) is 14.2. The van der Waals surface area contributed by atoms with Gasteiger partial charge in [-0.25, -0.2) is 0 Å². The molecule has 4 rings (SSSR count). The van der Waals surface area contributed by atoms with E-state index in [1.54, 1.807) is 0 Å². The zero-order valence-electron chi connectivity index (χ0n) is 19.9. The van der Waals surface area contributed by atoms with Gasteiger partial charge in [-0.05, 0) is 91.3 Å². The summed E-state index contributed by atoms with van der Waals surface area (Å²) in [5, 5.41) is 23.7. The van der Waals surface area contributed by atoms with Crippen molar-refractivity contribution in [2.45, 2.75) is 123 Å². The Kier molecular flexibility index (Phi) is 5.95. The Balaban J connectivity index is 1.56. The van der Waals surface area contributed by atoms with E-state index in [1.165, 1.54) is 57.8 Å². The summed E-state index contributed by atoms with van der Waals surface area (Å²) in [4.78, 5) is 0. The molecule has 0 saturated heterocycles. The van der Waals surface area contributed by atoms with E-state index in [4.69, 9.17) is 0 Å². The molecule has 0 bridgehead atoms. The fourth-order valence-corrected chi connectivity index (χ4v) is 9.35. The molecule has 0 aromatic carbocycles. The van der Waals surface area contributed by atoms with Crippen molar-refractivity contribution in [3.05, 3.63) is 0 Å². The van der Waals surface area contributed by atoms with Crippen LogP contribution < -0.4 is 0 Å². The number of hydrogen-bond donors (Lipinski definition) is 2. The van der Waals surface area contributed by atoms with Crippen molar-refractivity contribution in [1.82, 2.24) is 0 Å². The number of fused-ring (bicyclic) bond motifs is 5. The van der Waals surface area contributed by atoms with Gasteiger partial charge in [-0.2, -0.15) is 0 Å². The Bertz CT molecular complexity index is 587. The van der Waals surface area contributed by atoms with Gasteiger partial charge in [-0.1, -0.05) is 66.7 Å². The monoisotopic (exact) mass is 404 g/mol.